The monoisotopic (exact) mass is 455 g/mol. The number of nitrogen functional groups attached to an aromatic ring is 1. The smallest absolute Gasteiger partial charge is 0.139 e. The Kier molecular flexibility index (Phi) is 5.84. The summed E-state index contributed by atoms with van der Waals surface area (Å²) in [5, 5.41) is 1.21. The van der Waals surface area contributed by atoms with E-state index in [2.05, 4.69) is 77.8 Å². The van der Waals surface area contributed by atoms with Gasteiger partial charge in [0.2, 0.25) is 0 Å². The molecule has 1 fully saturated rings. The van der Waals surface area contributed by atoms with Crippen molar-refractivity contribution in [2.45, 2.75) is 13.8 Å². The maximum absolute atomic E-state index is 6.16. The van der Waals surface area contributed by atoms with Gasteiger partial charge in [-0.3, -0.25) is 0 Å². The molecule has 5 rings (SSSR count). The van der Waals surface area contributed by atoms with E-state index < -0.39 is 0 Å². The Morgan fingerprint density at radius 3 is 2.64 bits per heavy atom. The van der Waals surface area contributed by atoms with Gasteiger partial charge in [-0.05, 0) is 56.8 Å². The van der Waals surface area contributed by atoms with Gasteiger partial charge < -0.3 is 20.4 Å². The highest BCUT2D eigenvalue weighted by Crippen LogP contribution is 2.43. The SMILES string of the molecule is Cc1ccc(N)c(C#CCN2c3ccccc3N=C(N3CCN(C)CC3)c3cc(C)sc32)c1. The lowest BCUT2D eigenvalue weighted by Crippen LogP contribution is -2.47. The van der Waals surface area contributed by atoms with Crippen LogP contribution >= 0.6 is 11.3 Å². The summed E-state index contributed by atoms with van der Waals surface area (Å²) in [4.78, 5) is 13.6. The molecule has 168 valence electrons. The molecular formula is C27H29N5S. The third-order valence-corrected chi connectivity index (χ3v) is 7.27. The summed E-state index contributed by atoms with van der Waals surface area (Å²) in [5.41, 5.74) is 12.2. The predicted molar refractivity (Wildman–Crippen MR) is 140 cm³/mol. The van der Waals surface area contributed by atoms with Crippen molar-refractivity contribution < 1.29 is 0 Å². The summed E-state index contributed by atoms with van der Waals surface area (Å²) in [6.45, 7) is 8.87. The van der Waals surface area contributed by atoms with Gasteiger partial charge in [0.1, 0.15) is 10.8 Å². The number of fused-ring (bicyclic) bond motifs is 2. The Bertz CT molecular complexity index is 1270. The number of thiophene rings is 1. The highest BCUT2D eigenvalue weighted by atomic mass is 32.1. The van der Waals surface area contributed by atoms with Crippen LogP contribution in [0.4, 0.5) is 22.1 Å². The van der Waals surface area contributed by atoms with Crippen molar-refractivity contribution in [3.8, 4) is 11.8 Å². The van der Waals surface area contributed by atoms with Crippen LogP contribution in [0.3, 0.4) is 0 Å². The van der Waals surface area contributed by atoms with E-state index >= 15 is 0 Å². The van der Waals surface area contributed by atoms with Crippen molar-refractivity contribution in [2.24, 2.45) is 4.99 Å². The molecule has 1 aromatic heterocycles. The van der Waals surface area contributed by atoms with Crippen LogP contribution in [-0.4, -0.2) is 55.4 Å². The fraction of sp³-hybridized carbons (Fsp3) is 0.296. The summed E-state index contributed by atoms with van der Waals surface area (Å²) in [6, 6.07) is 16.7. The summed E-state index contributed by atoms with van der Waals surface area (Å²) in [7, 11) is 2.18. The van der Waals surface area contributed by atoms with E-state index in [9.17, 15) is 0 Å². The molecule has 0 aliphatic carbocycles. The first kappa shape index (κ1) is 21.6. The molecule has 3 heterocycles. The number of hydrogen-bond acceptors (Lipinski definition) is 6. The average Bonchev–Trinajstić information content (AvgIpc) is 3.14. The molecule has 2 aliphatic heterocycles. The standard InChI is InChI=1S/C27H29N5S/c1-19-10-11-23(28)21(17-19)7-6-12-32-25-9-5-4-8-24(25)29-26(22-18-20(2)33-27(22)32)31-15-13-30(3)14-16-31/h4-5,8-11,17-18H,12-16,28H2,1-3H3. The Balaban J connectivity index is 1.56. The average molecular weight is 456 g/mol. The van der Waals surface area contributed by atoms with Crippen molar-refractivity contribution in [1.82, 2.24) is 9.80 Å². The molecule has 0 bridgehead atoms. The van der Waals surface area contributed by atoms with Gasteiger partial charge in [-0.25, -0.2) is 4.99 Å². The molecule has 33 heavy (non-hydrogen) atoms. The van der Waals surface area contributed by atoms with Gasteiger partial charge >= 0.3 is 0 Å². The number of likely N-dealkylation sites (N-methyl/N-ethyl adjacent to an activating group) is 1. The van der Waals surface area contributed by atoms with Crippen LogP contribution in [0.1, 0.15) is 21.6 Å². The largest absolute Gasteiger partial charge is 0.398 e. The minimum Gasteiger partial charge on any atom is -0.398 e. The molecule has 0 unspecified atom stereocenters. The second kappa shape index (κ2) is 8.93. The fourth-order valence-electron chi connectivity index (χ4n) is 4.34. The van der Waals surface area contributed by atoms with Crippen LogP contribution in [0.2, 0.25) is 0 Å². The number of rotatable bonds is 1. The van der Waals surface area contributed by atoms with Gasteiger partial charge in [0.05, 0.1) is 23.5 Å². The number of nitrogens with zero attached hydrogens (tertiary/aromatic N) is 4. The van der Waals surface area contributed by atoms with Crippen molar-refractivity contribution in [2.75, 3.05) is 50.4 Å². The number of amidine groups is 1. The lowest BCUT2D eigenvalue weighted by atomic mass is 10.1. The molecule has 0 atom stereocenters. The fourth-order valence-corrected chi connectivity index (χ4v) is 5.36. The molecule has 3 aromatic rings. The molecule has 0 radical (unpaired) electrons. The normalized spacial score (nSPS) is 15.8. The van der Waals surface area contributed by atoms with E-state index in [0.717, 1.165) is 60.2 Å². The van der Waals surface area contributed by atoms with Gasteiger partial charge in [0.25, 0.3) is 0 Å². The Hall–Kier alpha value is -3.27. The molecule has 5 nitrogen and oxygen atoms in total. The number of benzene rings is 2. The molecule has 1 saturated heterocycles. The summed E-state index contributed by atoms with van der Waals surface area (Å²) in [5.74, 6) is 7.77. The first-order chi connectivity index (χ1) is 16.0. The van der Waals surface area contributed by atoms with E-state index in [1.165, 1.54) is 15.4 Å². The van der Waals surface area contributed by atoms with Crippen LogP contribution < -0.4 is 10.6 Å². The summed E-state index contributed by atoms with van der Waals surface area (Å²) in [6.07, 6.45) is 0. The zero-order valence-electron chi connectivity index (χ0n) is 19.4. The van der Waals surface area contributed by atoms with E-state index in [-0.39, 0.29) is 0 Å². The highest BCUT2D eigenvalue weighted by Gasteiger charge is 2.29. The van der Waals surface area contributed by atoms with E-state index in [1.807, 2.05) is 29.5 Å². The quantitative estimate of drug-likeness (QED) is 0.424. The number of piperazine rings is 1. The number of para-hydroxylation sites is 2. The zero-order valence-corrected chi connectivity index (χ0v) is 20.2. The lowest BCUT2D eigenvalue weighted by Gasteiger charge is -2.34. The molecule has 2 N–H and O–H groups in total. The van der Waals surface area contributed by atoms with Gasteiger partial charge in [0.15, 0.2) is 0 Å². The third-order valence-electron chi connectivity index (χ3n) is 6.19. The second-order valence-corrected chi connectivity index (χ2v) is 10.0. The molecule has 2 aromatic carbocycles. The summed E-state index contributed by atoms with van der Waals surface area (Å²) < 4.78 is 0. The molecule has 6 heteroatoms. The minimum atomic E-state index is 0.572. The molecular weight excluding hydrogens is 426 g/mol. The van der Waals surface area contributed by atoms with Crippen LogP contribution in [0.5, 0.6) is 0 Å². The lowest BCUT2D eigenvalue weighted by molar-refractivity contribution is 0.216. The van der Waals surface area contributed by atoms with Crippen LogP contribution in [0.25, 0.3) is 0 Å². The minimum absolute atomic E-state index is 0.572. The zero-order chi connectivity index (χ0) is 22.9. The number of aliphatic imine (C=N–C) groups is 1. The molecule has 0 spiro atoms. The third kappa shape index (κ3) is 4.35. The molecule has 0 saturated carbocycles. The van der Waals surface area contributed by atoms with Crippen molar-refractivity contribution in [3.63, 3.8) is 0 Å². The first-order valence-corrected chi connectivity index (χ1v) is 12.2. The first-order valence-electron chi connectivity index (χ1n) is 11.3. The number of nitrogens with two attached hydrogens (primary N) is 1. The van der Waals surface area contributed by atoms with Crippen molar-refractivity contribution in [3.05, 3.63) is 70.1 Å². The Morgan fingerprint density at radius 1 is 1.03 bits per heavy atom. The second-order valence-electron chi connectivity index (χ2n) is 8.77. The van der Waals surface area contributed by atoms with E-state index in [1.54, 1.807) is 0 Å². The number of aryl methyl sites for hydroxylation is 2. The van der Waals surface area contributed by atoms with Gasteiger partial charge in [0, 0.05) is 42.3 Å². The Morgan fingerprint density at radius 2 is 1.82 bits per heavy atom. The van der Waals surface area contributed by atoms with Crippen LogP contribution in [0.15, 0.2) is 53.5 Å². The van der Waals surface area contributed by atoms with E-state index in [0.29, 0.717) is 6.54 Å². The van der Waals surface area contributed by atoms with Gasteiger partial charge in [-0.15, -0.1) is 11.3 Å². The maximum atomic E-state index is 6.16. The highest BCUT2D eigenvalue weighted by molar-refractivity contribution is 7.16. The van der Waals surface area contributed by atoms with Crippen molar-refractivity contribution in [1.29, 1.82) is 0 Å². The molecule has 0 amide bonds. The van der Waals surface area contributed by atoms with Crippen LogP contribution in [0, 0.1) is 25.7 Å². The predicted octanol–water partition coefficient (Wildman–Crippen LogP) is 4.78. The number of anilines is 3. The van der Waals surface area contributed by atoms with Crippen molar-refractivity contribution >= 4 is 39.2 Å². The Labute approximate surface area is 200 Å². The van der Waals surface area contributed by atoms with Gasteiger partial charge in [-0.1, -0.05) is 30.0 Å². The number of hydrogen-bond donors (Lipinski definition) is 1. The maximum Gasteiger partial charge on any atom is 0.139 e. The topological polar surface area (TPSA) is 48.1 Å². The molecule has 2 aliphatic rings. The summed E-state index contributed by atoms with van der Waals surface area (Å²) >= 11 is 1.81. The van der Waals surface area contributed by atoms with Gasteiger partial charge in [-0.2, -0.15) is 0 Å². The van der Waals surface area contributed by atoms with Crippen LogP contribution in [-0.2, 0) is 0 Å². The van der Waals surface area contributed by atoms with E-state index in [4.69, 9.17) is 10.7 Å².